The summed E-state index contributed by atoms with van der Waals surface area (Å²) in [6, 6.07) is 4.88. The van der Waals surface area contributed by atoms with Crippen molar-refractivity contribution in [3.8, 4) is 5.75 Å². The number of carbonyl (C=O) groups excluding carboxylic acids is 1. The van der Waals surface area contributed by atoms with Gasteiger partial charge in [0.05, 0.1) is 5.02 Å². The van der Waals surface area contributed by atoms with Crippen LogP contribution in [0.25, 0.3) is 0 Å². The van der Waals surface area contributed by atoms with Crippen LogP contribution in [0.5, 0.6) is 5.75 Å². The van der Waals surface area contributed by atoms with E-state index in [2.05, 4.69) is 5.32 Å². The third kappa shape index (κ3) is 4.54. The highest BCUT2D eigenvalue weighted by molar-refractivity contribution is 6.34. The summed E-state index contributed by atoms with van der Waals surface area (Å²) in [6.07, 6.45) is 2.78. The van der Waals surface area contributed by atoms with Crippen molar-refractivity contribution in [2.75, 3.05) is 13.2 Å². The van der Waals surface area contributed by atoms with Crippen LogP contribution >= 0.6 is 23.2 Å². The van der Waals surface area contributed by atoms with E-state index in [0.29, 0.717) is 28.1 Å². The van der Waals surface area contributed by atoms with Gasteiger partial charge in [0.1, 0.15) is 5.75 Å². The minimum atomic E-state index is -0.216. The van der Waals surface area contributed by atoms with Gasteiger partial charge in [0.2, 0.25) is 0 Å². The molecule has 0 saturated heterocycles. The lowest BCUT2D eigenvalue weighted by Gasteiger charge is -2.17. The lowest BCUT2D eigenvalue weighted by molar-refractivity contribution is -0.124. The van der Waals surface area contributed by atoms with Gasteiger partial charge in [-0.1, -0.05) is 23.2 Å². The van der Waals surface area contributed by atoms with Gasteiger partial charge in [-0.25, -0.2) is 0 Å². The number of rotatable bonds is 7. The molecule has 1 amide bonds. The second kappa shape index (κ2) is 7.16. The largest absolute Gasteiger partial charge is 0.482 e. The Bertz CT molecular complexity index is 477. The molecule has 1 aromatic carbocycles. The molecule has 6 heteroatoms. The Balaban J connectivity index is 1.83. The highest BCUT2D eigenvalue weighted by Gasteiger charge is 2.31. The van der Waals surface area contributed by atoms with Crippen molar-refractivity contribution in [3.63, 3.8) is 0 Å². The SMILES string of the molecule is O=C(COc1cc(Cl)ccc1Cl)NC(CCO)C1CC1. The standard InChI is InChI=1S/C14H17Cl2NO3/c15-10-3-4-11(16)13(7-10)20-8-14(19)17-12(5-6-18)9-1-2-9/h3-4,7,9,12,18H,1-2,5-6,8H2,(H,17,19). The van der Waals surface area contributed by atoms with E-state index in [-0.39, 0.29) is 25.2 Å². The van der Waals surface area contributed by atoms with Crippen LogP contribution in [0.4, 0.5) is 0 Å². The van der Waals surface area contributed by atoms with E-state index in [0.717, 1.165) is 12.8 Å². The molecule has 0 aliphatic heterocycles. The van der Waals surface area contributed by atoms with Crippen molar-refractivity contribution in [1.29, 1.82) is 0 Å². The van der Waals surface area contributed by atoms with Crippen LogP contribution in [0.15, 0.2) is 18.2 Å². The number of hydrogen-bond donors (Lipinski definition) is 2. The van der Waals surface area contributed by atoms with Crippen LogP contribution in [0.2, 0.25) is 10.0 Å². The number of hydrogen-bond acceptors (Lipinski definition) is 3. The molecule has 0 heterocycles. The highest BCUT2D eigenvalue weighted by atomic mass is 35.5. The lowest BCUT2D eigenvalue weighted by atomic mass is 10.1. The third-order valence-electron chi connectivity index (χ3n) is 3.23. The number of halogens is 2. The van der Waals surface area contributed by atoms with Gasteiger partial charge in [-0.05, 0) is 37.3 Å². The molecular weight excluding hydrogens is 301 g/mol. The van der Waals surface area contributed by atoms with Crippen molar-refractivity contribution in [2.24, 2.45) is 5.92 Å². The molecule has 110 valence electrons. The Hall–Kier alpha value is -0.970. The molecule has 1 aliphatic rings. The topological polar surface area (TPSA) is 58.6 Å². The van der Waals surface area contributed by atoms with E-state index in [1.807, 2.05) is 0 Å². The van der Waals surface area contributed by atoms with Gasteiger partial charge in [0.15, 0.2) is 6.61 Å². The van der Waals surface area contributed by atoms with E-state index >= 15 is 0 Å². The fraction of sp³-hybridized carbons (Fsp3) is 0.500. The first-order valence-corrected chi connectivity index (χ1v) is 7.34. The summed E-state index contributed by atoms with van der Waals surface area (Å²) in [5, 5.41) is 12.8. The van der Waals surface area contributed by atoms with Gasteiger partial charge in [0.25, 0.3) is 5.91 Å². The molecule has 0 aromatic heterocycles. The monoisotopic (exact) mass is 317 g/mol. The van der Waals surface area contributed by atoms with Crippen LogP contribution in [0.1, 0.15) is 19.3 Å². The summed E-state index contributed by atoms with van der Waals surface area (Å²) in [5.74, 6) is 0.659. The van der Waals surface area contributed by atoms with Crippen LogP contribution in [-0.4, -0.2) is 30.3 Å². The van der Waals surface area contributed by atoms with E-state index < -0.39 is 0 Å². The predicted molar refractivity (Wildman–Crippen MR) is 78.3 cm³/mol. The number of aliphatic hydroxyl groups is 1. The molecule has 0 radical (unpaired) electrons. The molecular formula is C14H17Cl2NO3. The maximum absolute atomic E-state index is 11.8. The van der Waals surface area contributed by atoms with E-state index in [1.54, 1.807) is 18.2 Å². The summed E-state index contributed by atoms with van der Waals surface area (Å²) >= 11 is 11.8. The van der Waals surface area contributed by atoms with E-state index in [1.165, 1.54) is 0 Å². The molecule has 1 atom stereocenters. The first-order valence-electron chi connectivity index (χ1n) is 6.58. The average molecular weight is 318 g/mol. The molecule has 4 nitrogen and oxygen atoms in total. The number of aliphatic hydroxyl groups excluding tert-OH is 1. The smallest absolute Gasteiger partial charge is 0.258 e. The van der Waals surface area contributed by atoms with Crippen molar-refractivity contribution >= 4 is 29.1 Å². The van der Waals surface area contributed by atoms with Gasteiger partial charge in [-0.15, -0.1) is 0 Å². The molecule has 2 rings (SSSR count). The second-order valence-corrected chi connectivity index (χ2v) is 5.73. The molecule has 1 aromatic rings. The number of benzene rings is 1. The molecule has 1 aliphatic carbocycles. The first-order chi connectivity index (χ1) is 9.60. The summed E-state index contributed by atoms with van der Waals surface area (Å²) in [4.78, 5) is 11.8. The fourth-order valence-electron chi connectivity index (χ4n) is 2.04. The lowest BCUT2D eigenvalue weighted by Crippen LogP contribution is -2.39. The molecule has 0 bridgehead atoms. The minimum absolute atomic E-state index is 0.0333. The number of ether oxygens (including phenoxy) is 1. The molecule has 0 spiro atoms. The van der Waals surface area contributed by atoms with Crippen LogP contribution in [0.3, 0.4) is 0 Å². The van der Waals surface area contributed by atoms with Crippen molar-refractivity contribution in [2.45, 2.75) is 25.3 Å². The summed E-state index contributed by atoms with van der Waals surface area (Å²) < 4.78 is 5.37. The summed E-state index contributed by atoms with van der Waals surface area (Å²) in [5.41, 5.74) is 0. The quantitative estimate of drug-likeness (QED) is 0.812. The molecule has 1 unspecified atom stereocenters. The molecule has 1 fully saturated rings. The Morgan fingerprint density at radius 1 is 1.45 bits per heavy atom. The predicted octanol–water partition coefficient (Wildman–Crippen LogP) is 2.65. The molecule has 2 N–H and O–H groups in total. The Morgan fingerprint density at radius 2 is 2.20 bits per heavy atom. The van der Waals surface area contributed by atoms with Crippen LogP contribution < -0.4 is 10.1 Å². The van der Waals surface area contributed by atoms with Gasteiger partial charge in [-0.3, -0.25) is 4.79 Å². The zero-order valence-corrected chi connectivity index (χ0v) is 12.5. The van der Waals surface area contributed by atoms with Gasteiger partial charge >= 0.3 is 0 Å². The van der Waals surface area contributed by atoms with Gasteiger partial charge < -0.3 is 15.2 Å². The number of amides is 1. The zero-order valence-electron chi connectivity index (χ0n) is 10.9. The van der Waals surface area contributed by atoms with Crippen molar-refractivity contribution < 1.29 is 14.6 Å². The fourth-order valence-corrected chi connectivity index (χ4v) is 2.38. The van der Waals surface area contributed by atoms with E-state index in [9.17, 15) is 4.79 Å². The maximum atomic E-state index is 11.8. The summed E-state index contributed by atoms with van der Waals surface area (Å²) in [7, 11) is 0. The van der Waals surface area contributed by atoms with Crippen molar-refractivity contribution in [3.05, 3.63) is 28.2 Å². The maximum Gasteiger partial charge on any atom is 0.258 e. The van der Waals surface area contributed by atoms with E-state index in [4.69, 9.17) is 33.0 Å². The Kier molecular flexibility index (Phi) is 5.52. The average Bonchev–Trinajstić information content (AvgIpc) is 3.24. The normalized spacial score (nSPS) is 15.8. The van der Waals surface area contributed by atoms with Crippen LogP contribution in [-0.2, 0) is 4.79 Å². The highest BCUT2D eigenvalue weighted by Crippen LogP contribution is 2.34. The van der Waals surface area contributed by atoms with Gasteiger partial charge in [-0.2, -0.15) is 0 Å². The first kappa shape index (κ1) is 15.4. The van der Waals surface area contributed by atoms with Gasteiger partial charge in [0, 0.05) is 23.7 Å². The molecule has 1 saturated carbocycles. The van der Waals surface area contributed by atoms with Crippen LogP contribution in [0, 0.1) is 5.92 Å². The van der Waals surface area contributed by atoms with Crippen molar-refractivity contribution in [1.82, 2.24) is 5.32 Å². The minimum Gasteiger partial charge on any atom is -0.482 e. The third-order valence-corrected chi connectivity index (χ3v) is 3.78. The Morgan fingerprint density at radius 3 is 2.85 bits per heavy atom. The zero-order chi connectivity index (χ0) is 14.5. The second-order valence-electron chi connectivity index (χ2n) is 4.89. The number of nitrogens with one attached hydrogen (secondary N) is 1. The number of carbonyl (C=O) groups is 1. The Labute approximate surface area is 128 Å². The molecule has 20 heavy (non-hydrogen) atoms. The summed E-state index contributed by atoms with van der Waals surface area (Å²) in [6.45, 7) is -0.0445.